The van der Waals surface area contributed by atoms with Gasteiger partial charge in [0.05, 0.1) is 4.92 Å². The normalized spacial score (nSPS) is 12.2. The lowest BCUT2D eigenvalue weighted by Gasteiger charge is -2.14. The molecule has 1 aromatic rings. The average molecular weight is 208 g/mol. The SMILES string of the molecule is CCC(C)Nc1ccc([N+](=O)[O-])cc1C. The van der Waals surface area contributed by atoms with Crippen LogP contribution in [0.1, 0.15) is 25.8 Å². The zero-order valence-corrected chi connectivity index (χ0v) is 9.28. The molecule has 1 N–H and O–H groups in total. The molecule has 0 spiro atoms. The van der Waals surface area contributed by atoms with Gasteiger partial charge in [-0.1, -0.05) is 6.92 Å². The van der Waals surface area contributed by atoms with Crippen LogP contribution in [0.5, 0.6) is 0 Å². The Labute approximate surface area is 89.5 Å². The lowest BCUT2D eigenvalue weighted by Crippen LogP contribution is -2.14. The van der Waals surface area contributed by atoms with Gasteiger partial charge in [-0.05, 0) is 31.9 Å². The summed E-state index contributed by atoms with van der Waals surface area (Å²) in [6, 6.07) is 5.26. The first kappa shape index (κ1) is 11.5. The highest BCUT2D eigenvalue weighted by Crippen LogP contribution is 2.21. The van der Waals surface area contributed by atoms with E-state index in [0.717, 1.165) is 17.7 Å². The molecule has 4 heteroatoms. The first-order valence-electron chi connectivity index (χ1n) is 5.06. The van der Waals surface area contributed by atoms with Crippen LogP contribution in [0.2, 0.25) is 0 Å². The van der Waals surface area contributed by atoms with Crippen LogP contribution in [0.3, 0.4) is 0 Å². The van der Waals surface area contributed by atoms with Crippen LogP contribution in [-0.4, -0.2) is 11.0 Å². The molecule has 0 heterocycles. The average Bonchev–Trinajstić information content (AvgIpc) is 2.20. The third-order valence-electron chi connectivity index (χ3n) is 2.44. The number of hydrogen-bond donors (Lipinski definition) is 1. The van der Waals surface area contributed by atoms with Gasteiger partial charge in [0.1, 0.15) is 0 Å². The van der Waals surface area contributed by atoms with E-state index in [1.807, 2.05) is 6.92 Å². The number of aryl methyl sites for hydroxylation is 1. The molecule has 0 aliphatic heterocycles. The fraction of sp³-hybridized carbons (Fsp3) is 0.455. The maximum absolute atomic E-state index is 10.5. The van der Waals surface area contributed by atoms with Crippen LogP contribution >= 0.6 is 0 Å². The van der Waals surface area contributed by atoms with Crippen LogP contribution < -0.4 is 5.32 Å². The van der Waals surface area contributed by atoms with Crippen molar-refractivity contribution in [3.63, 3.8) is 0 Å². The summed E-state index contributed by atoms with van der Waals surface area (Å²) < 4.78 is 0. The molecule has 1 atom stereocenters. The topological polar surface area (TPSA) is 55.2 Å². The maximum atomic E-state index is 10.5. The minimum Gasteiger partial charge on any atom is -0.382 e. The lowest BCUT2D eigenvalue weighted by atomic mass is 10.1. The van der Waals surface area contributed by atoms with E-state index >= 15 is 0 Å². The number of non-ortho nitro benzene ring substituents is 1. The van der Waals surface area contributed by atoms with Crippen LogP contribution in [0.25, 0.3) is 0 Å². The summed E-state index contributed by atoms with van der Waals surface area (Å²) in [5, 5.41) is 13.8. The Morgan fingerprint density at radius 1 is 1.53 bits per heavy atom. The fourth-order valence-electron chi connectivity index (χ4n) is 1.29. The van der Waals surface area contributed by atoms with E-state index in [1.54, 1.807) is 12.1 Å². The maximum Gasteiger partial charge on any atom is 0.269 e. The monoisotopic (exact) mass is 208 g/mol. The standard InChI is InChI=1S/C11H16N2O2/c1-4-9(3)12-11-6-5-10(13(14)15)7-8(11)2/h5-7,9,12H,4H2,1-3H3. The van der Waals surface area contributed by atoms with Crippen molar-refractivity contribution in [2.24, 2.45) is 0 Å². The summed E-state index contributed by atoms with van der Waals surface area (Å²) in [4.78, 5) is 10.2. The number of nitro groups is 1. The summed E-state index contributed by atoms with van der Waals surface area (Å²) in [5.74, 6) is 0. The Morgan fingerprint density at radius 3 is 2.67 bits per heavy atom. The van der Waals surface area contributed by atoms with Crippen molar-refractivity contribution >= 4 is 11.4 Å². The number of hydrogen-bond acceptors (Lipinski definition) is 3. The summed E-state index contributed by atoms with van der Waals surface area (Å²) >= 11 is 0. The molecular weight excluding hydrogens is 192 g/mol. The molecule has 0 amide bonds. The second kappa shape index (κ2) is 4.77. The van der Waals surface area contributed by atoms with Crippen LogP contribution in [0.15, 0.2) is 18.2 Å². The van der Waals surface area contributed by atoms with Gasteiger partial charge in [-0.25, -0.2) is 0 Å². The molecule has 0 aliphatic carbocycles. The molecule has 0 aromatic heterocycles. The van der Waals surface area contributed by atoms with Crippen molar-refractivity contribution in [1.82, 2.24) is 0 Å². The molecule has 1 aromatic carbocycles. The Balaban J connectivity index is 2.88. The molecule has 0 saturated carbocycles. The minimum atomic E-state index is -0.375. The molecular formula is C11H16N2O2. The van der Waals surface area contributed by atoms with Crippen LogP contribution in [0, 0.1) is 17.0 Å². The minimum absolute atomic E-state index is 0.141. The van der Waals surface area contributed by atoms with E-state index in [2.05, 4.69) is 19.2 Å². The number of rotatable bonds is 4. The van der Waals surface area contributed by atoms with Gasteiger partial charge in [0, 0.05) is 23.9 Å². The molecule has 15 heavy (non-hydrogen) atoms. The summed E-state index contributed by atoms with van der Waals surface area (Å²) in [6.45, 7) is 6.05. The smallest absolute Gasteiger partial charge is 0.269 e. The highest BCUT2D eigenvalue weighted by atomic mass is 16.6. The van der Waals surface area contributed by atoms with E-state index in [-0.39, 0.29) is 10.6 Å². The quantitative estimate of drug-likeness (QED) is 0.611. The molecule has 0 aliphatic rings. The van der Waals surface area contributed by atoms with Crippen LogP contribution in [-0.2, 0) is 0 Å². The Kier molecular flexibility index (Phi) is 3.66. The molecule has 1 rings (SSSR count). The molecule has 0 saturated heterocycles. The van der Waals surface area contributed by atoms with E-state index in [0.29, 0.717) is 6.04 Å². The van der Waals surface area contributed by atoms with Gasteiger partial charge in [-0.15, -0.1) is 0 Å². The van der Waals surface area contributed by atoms with Crippen molar-refractivity contribution in [1.29, 1.82) is 0 Å². The van der Waals surface area contributed by atoms with Gasteiger partial charge in [-0.3, -0.25) is 10.1 Å². The predicted molar refractivity (Wildman–Crippen MR) is 61.2 cm³/mol. The Morgan fingerprint density at radius 2 is 2.20 bits per heavy atom. The van der Waals surface area contributed by atoms with Gasteiger partial charge in [-0.2, -0.15) is 0 Å². The van der Waals surface area contributed by atoms with Crippen LogP contribution in [0.4, 0.5) is 11.4 Å². The first-order valence-corrected chi connectivity index (χ1v) is 5.06. The number of nitro benzene ring substituents is 1. The second-order valence-electron chi connectivity index (χ2n) is 3.71. The van der Waals surface area contributed by atoms with Crippen molar-refractivity contribution in [2.75, 3.05) is 5.32 Å². The zero-order chi connectivity index (χ0) is 11.4. The number of nitrogens with zero attached hydrogens (tertiary/aromatic N) is 1. The first-order chi connectivity index (χ1) is 7.04. The third kappa shape index (κ3) is 2.94. The molecule has 4 nitrogen and oxygen atoms in total. The third-order valence-corrected chi connectivity index (χ3v) is 2.44. The summed E-state index contributed by atoms with van der Waals surface area (Å²) in [7, 11) is 0. The van der Waals surface area contributed by atoms with Gasteiger partial charge < -0.3 is 5.32 Å². The van der Waals surface area contributed by atoms with E-state index < -0.39 is 0 Å². The Bertz CT molecular complexity index is 364. The molecule has 0 radical (unpaired) electrons. The van der Waals surface area contributed by atoms with Gasteiger partial charge >= 0.3 is 0 Å². The summed E-state index contributed by atoms with van der Waals surface area (Å²) in [6.07, 6.45) is 1.02. The van der Waals surface area contributed by atoms with Gasteiger partial charge in [0.2, 0.25) is 0 Å². The van der Waals surface area contributed by atoms with Crippen molar-refractivity contribution < 1.29 is 4.92 Å². The van der Waals surface area contributed by atoms with Crippen molar-refractivity contribution in [2.45, 2.75) is 33.2 Å². The highest BCUT2D eigenvalue weighted by molar-refractivity contribution is 5.55. The number of anilines is 1. The predicted octanol–water partition coefficient (Wildman–Crippen LogP) is 3.11. The van der Waals surface area contributed by atoms with Crippen molar-refractivity contribution in [3.05, 3.63) is 33.9 Å². The van der Waals surface area contributed by atoms with Crippen molar-refractivity contribution in [3.8, 4) is 0 Å². The Hall–Kier alpha value is -1.58. The second-order valence-corrected chi connectivity index (χ2v) is 3.71. The molecule has 82 valence electrons. The molecule has 1 unspecified atom stereocenters. The van der Waals surface area contributed by atoms with E-state index in [1.165, 1.54) is 6.07 Å². The zero-order valence-electron chi connectivity index (χ0n) is 9.28. The highest BCUT2D eigenvalue weighted by Gasteiger charge is 2.08. The fourth-order valence-corrected chi connectivity index (χ4v) is 1.29. The number of benzene rings is 1. The molecule has 0 fully saturated rings. The van der Waals surface area contributed by atoms with E-state index in [9.17, 15) is 10.1 Å². The number of nitrogens with one attached hydrogen (secondary N) is 1. The molecule has 0 bridgehead atoms. The van der Waals surface area contributed by atoms with Gasteiger partial charge in [0.15, 0.2) is 0 Å². The van der Waals surface area contributed by atoms with E-state index in [4.69, 9.17) is 0 Å². The lowest BCUT2D eigenvalue weighted by molar-refractivity contribution is -0.384. The summed E-state index contributed by atoms with van der Waals surface area (Å²) in [5.41, 5.74) is 2.02. The van der Waals surface area contributed by atoms with Gasteiger partial charge in [0.25, 0.3) is 5.69 Å². The largest absolute Gasteiger partial charge is 0.382 e.